The van der Waals surface area contributed by atoms with E-state index in [0.29, 0.717) is 6.54 Å². The Morgan fingerprint density at radius 3 is 2.79 bits per heavy atom. The second-order valence-corrected chi connectivity index (χ2v) is 6.11. The molecule has 1 aromatic heterocycles. The molecule has 0 amide bonds. The largest absolute Gasteiger partial charge is 0.356 e. The van der Waals surface area contributed by atoms with Crippen LogP contribution in [0, 0.1) is 18.8 Å². The summed E-state index contributed by atoms with van der Waals surface area (Å²) in [6, 6.07) is 2.17. The Bertz CT molecular complexity index is 414. The third-order valence-electron chi connectivity index (χ3n) is 4.36. The molecule has 1 aliphatic heterocycles. The van der Waals surface area contributed by atoms with Crippen molar-refractivity contribution in [3.63, 3.8) is 0 Å². The van der Waals surface area contributed by atoms with Crippen molar-refractivity contribution in [3.8, 4) is 0 Å². The van der Waals surface area contributed by atoms with Crippen LogP contribution in [0.4, 0.5) is 5.82 Å². The van der Waals surface area contributed by atoms with Crippen LogP contribution in [-0.4, -0.2) is 18.1 Å². The Morgan fingerprint density at radius 1 is 1.37 bits per heavy atom. The zero-order valence-corrected chi connectivity index (χ0v) is 12.5. The lowest BCUT2D eigenvalue weighted by atomic mass is 9.89. The highest BCUT2D eigenvalue weighted by atomic mass is 15.2. The average Bonchev–Trinajstić information content (AvgIpc) is 2.64. The van der Waals surface area contributed by atoms with Crippen LogP contribution in [0.2, 0.25) is 0 Å². The van der Waals surface area contributed by atoms with Gasteiger partial charge in [-0.1, -0.05) is 13.8 Å². The van der Waals surface area contributed by atoms with E-state index in [-0.39, 0.29) is 0 Å². The van der Waals surface area contributed by atoms with Crippen molar-refractivity contribution in [2.24, 2.45) is 17.6 Å². The zero-order chi connectivity index (χ0) is 13.8. The molecule has 3 nitrogen and oxygen atoms in total. The molecule has 1 aliphatic rings. The number of hydrogen-bond donors (Lipinski definition) is 1. The summed E-state index contributed by atoms with van der Waals surface area (Å²) in [6.45, 7) is 9.69. The molecular formula is C16H27N3. The van der Waals surface area contributed by atoms with E-state index < -0.39 is 0 Å². The van der Waals surface area contributed by atoms with Gasteiger partial charge in [-0.25, -0.2) is 4.98 Å². The van der Waals surface area contributed by atoms with Crippen molar-refractivity contribution in [3.05, 3.63) is 23.4 Å². The van der Waals surface area contributed by atoms with Gasteiger partial charge in [-0.2, -0.15) is 0 Å². The van der Waals surface area contributed by atoms with E-state index in [0.717, 1.165) is 36.3 Å². The normalized spacial score (nSPS) is 20.7. The van der Waals surface area contributed by atoms with Gasteiger partial charge in [0.1, 0.15) is 5.82 Å². The second-order valence-electron chi connectivity index (χ2n) is 6.11. The van der Waals surface area contributed by atoms with Crippen LogP contribution < -0.4 is 10.6 Å². The first kappa shape index (κ1) is 14.3. The first-order valence-electron chi connectivity index (χ1n) is 7.52. The number of hydrogen-bond acceptors (Lipinski definition) is 3. The predicted molar refractivity (Wildman–Crippen MR) is 81.3 cm³/mol. The summed E-state index contributed by atoms with van der Waals surface area (Å²) in [5.41, 5.74) is 8.05. The molecular weight excluding hydrogens is 234 g/mol. The number of pyridine rings is 1. The van der Waals surface area contributed by atoms with Crippen molar-refractivity contribution in [1.29, 1.82) is 0 Å². The molecule has 0 aliphatic carbocycles. The van der Waals surface area contributed by atoms with Gasteiger partial charge in [-0.3, -0.25) is 0 Å². The van der Waals surface area contributed by atoms with Gasteiger partial charge in [0, 0.05) is 25.8 Å². The molecule has 0 saturated carbocycles. The second kappa shape index (κ2) is 6.38. The molecule has 0 spiro atoms. The van der Waals surface area contributed by atoms with Crippen molar-refractivity contribution < 1.29 is 0 Å². The monoisotopic (exact) mass is 261 g/mol. The number of nitrogens with zero attached hydrogens (tertiary/aromatic N) is 2. The van der Waals surface area contributed by atoms with E-state index in [1.807, 2.05) is 6.20 Å². The van der Waals surface area contributed by atoms with E-state index in [1.165, 1.54) is 24.8 Å². The quantitative estimate of drug-likeness (QED) is 0.909. The fourth-order valence-electron chi connectivity index (χ4n) is 3.07. The highest BCUT2D eigenvalue weighted by molar-refractivity contribution is 5.47. The van der Waals surface area contributed by atoms with Crippen molar-refractivity contribution in [1.82, 2.24) is 4.98 Å². The summed E-state index contributed by atoms with van der Waals surface area (Å²) in [7, 11) is 0. The maximum atomic E-state index is 5.67. The average molecular weight is 261 g/mol. The smallest absolute Gasteiger partial charge is 0.131 e. The number of anilines is 1. The Hall–Kier alpha value is -1.09. The third-order valence-corrected chi connectivity index (χ3v) is 4.36. The highest BCUT2D eigenvalue weighted by Crippen LogP contribution is 2.27. The minimum atomic E-state index is 0.573. The molecule has 1 atom stereocenters. The first-order valence-corrected chi connectivity index (χ1v) is 7.52. The van der Waals surface area contributed by atoms with Gasteiger partial charge in [-0.05, 0) is 55.2 Å². The van der Waals surface area contributed by atoms with Crippen LogP contribution in [0.25, 0.3) is 0 Å². The predicted octanol–water partition coefficient (Wildman–Crippen LogP) is 3.11. The Kier molecular flexibility index (Phi) is 4.81. The fraction of sp³-hybridized carbons (Fsp3) is 0.688. The summed E-state index contributed by atoms with van der Waals surface area (Å²) < 4.78 is 0. The van der Waals surface area contributed by atoms with Gasteiger partial charge < -0.3 is 10.6 Å². The Balaban J connectivity index is 2.10. The van der Waals surface area contributed by atoms with Crippen LogP contribution in [0.5, 0.6) is 0 Å². The molecule has 1 aromatic rings. The first-order chi connectivity index (χ1) is 9.11. The van der Waals surface area contributed by atoms with Crippen molar-refractivity contribution in [2.75, 3.05) is 18.0 Å². The van der Waals surface area contributed by atoms with Gasteiger partial charge in [0.25, 0.3) is 0 Å². The number of rotatable bonds is 3. The van der Waals surface area contributed by atoms with Crippen LogP contribution in [0.15, 0.2) is 12.3 Å². The number of aryl methyl sites for hydroxylation is 1. The molecule has 1 fully saturated rings. The van der Waals surface area contributed by atoms with Gasteiger partial charge in [0.2, 0.25) is 0 Å². The molecule has 1 unspecified atom stereocenters. The molecule has 0 radical (unpaired) electrons. The molecule has 3 heteroatoms. The van der Waals surface area contributed by atoms with E-state index in [2.05, 4.69) is 36.7 Å². The minimum Gasteiger partial charge on any atom is -0.356 e. The lowest BCUT2D eigenvalue weighted by Gasteiger charge is -2.24. The molecule has 106 valence electrons. The van der Waals surface area contributed by atoms with Crippen LogP contribution in [0.1, 0.15) is 44.2 Å². The van der Waals surface area contributed by atoms with Crippen LogP contribution in [-0.2, 0) is 6.54 Å². The summed E-state index contributed by atoms with van der Waals surface area (Å²) >= 11 is 0. The summed E-state index contributed by atoms with van der Waals surface area (Å²) in [5.74, 6) is 2.82. The van der Waals surface area contributed by atoms with Gasteiger partial charge >= 0.3 is 0 Å². The van der Waals surface area contributed by atoms with E-state index >= 15 is 0 Å². The highest BCUT2D eigenvalue weighted by Gasteiger charge is 2.21. The lowest BCUT2D eigenvalue weighted by molar-refractivity contribution is 0.351. The third kappa shape index (κ3) is 3.47. The molecule has 2 rings (SSSR count). The van der Waals surface area contributed by atoms with Gasteiger partial charge in [0.15, 0.2) is 0 Å². The SMILES string of the molecule is Cc1cc(CN)cnc1N1CCCC(C(C)C)CC1. The summed E-state index contributed by atoms with van der Waals surface area (Å²) in [6.07, 6.45) is 5.85. The molecule has 2 N–H and O–H groups in total. The minimum absolute atomic E-state index is 0.573. The number of aromatic nitrogens is 1. The summed E-state index contributed by atoms with van der Waals surface area (Å²) in [5, 5.41) is 0. The van der Waals surface area contributed by atoms with Crippen LogP contribution in [0.3, 0.4) is 0 Å². The molecule has 0 aromatic carbocycles. The standard InChI is InChI=1S/C16H27N3/c1-12(2)15-5-4-7-19(8-6-15)16-13(3)9-14(10-17)11-18-16/h9,11-12,15H,4-8,10,17H2,1-3H3. The van der Waals surface area contributed by atoms with E-state index in [1.54, 1.807) is 0 Å². The molecule has 2 heterocycles. The topological polar surface area (TPSA) is 42.1 Å². The Labute approximate surface area is 117 Å². The Morgan fingerprint density at radius 2 is 2.16 bits per heavy atom. The zero-order valence-electron chi connectivity index (χ0n) is 12.5. The molecule has 19 heavy (non-hydrogen) atoms. The molecule has 1 saturated heterocycles. The maximum Gasteiger partial charge on any atom is 0.131 e. The fourth-order valence-corrected chi connectivity index (χ4v) is 3.07. The lowest BCUT2D eigenvalue weighted by Crippen LogP contribution is -2.26. The van der Waals surface area contributed by atoms with Crippen LogP contribution >= 0.6 is 0 Å². The van der Waals surface area contributed by atoms with Gasteiger partial charge in [-0.15, -0.1) is 0 Å². The van der Waals surface area contributed by atoms with Crippen molar-refractivity contribution in [2.45, 2.75) is 46.6 Å². The van der Waals surface area contributed by atoms with Crippen molar-refractivity contribution >= 4 is 5.82 Å². The van der Waals surface area contributed by atoms with E-state index in [9.17, 15) is 0 Å². The van der Waals surface area contributed by atoms with E-state index in [4.69, 9.17) is 5.73 Å². The number of nitrogens with two attached hydrogens (primary N) is 1. The molecule has 0 bridgehead atoms. The van der Waals surface area contributed by atoms with Gasteiger partial charge in [0.05, 0.1) is 0 Å². The maximum absolute atomic E-state index is 5.67. The summed E-state index contributed by atoms with van der Waals surface area (Å²) in [4.78, 5) is 7.09.